The van der Waals surface area contributed by atoms with Crippen molar-refractivity contribution < 1.29 is 9.52 Å². The van der Waals surface area contributed by atoms with E-state index in [2.05, 4.69) is 32.9 Å². The number of aliphatic hydroxyl groups is 1. The third-order valence-electron chi connectivity index (χ3n) is 7.07. The summed E-state index contributed by atoms with van der Waals surface area (Å²) in [6, 6.07) is 2.09. The van der Waals surface area contributed by atoms with Crippen molar-refractivity contribution in [3.63, 3.8) is 0 Å². The first-order valence-corrected chi connectivity index (χ1v) is 8.82. The lowest BCUT2D eigenvalue weighted by Crippen LogP contribution is -2.50. The van der Waals surface area contributed by atoms with Crippen LogP contribution in [-0.4, -0.2) is 11.7 Å². The fraction of sp³-hybridized carbons (Fsp3) is 0.700. The van der Waals surface area contributed by atoms with Gasteiger partial charge in [0, 0.05) is 0 Å². The summed E-state index contributed by atoms with van der Waals surface area (Å²) in [5, 5.41) is 9.83. The van der Waals surface area contributed by atoms with Crippen LogP contribution in [0.25, 0.3) is 0 Å². The summed E-state index contributed by atoms with van der Waals surface area (Å²) in [5.74, 6) is 1.43. The molecule has 1 aromatic rings. The van der Waals surface area contributed by atoms with Gasteiger partial charge in [-0.2, -0.15) is 0 Å². The molecule has 122 valence electrons. The van der Waals surface area contributed by atoms with E-state index in [1.54, 1.807) is 6.26 Å². The van der Waals surface area contributed by atoms with Crippen LogP contribution in [0.5, 0.6) is 0 Å². The molecule has 3 rings (SSSR count). The van der Waals surface area contributed by atoms with Gasteiger partial charge in [-0.25, -0.2) is 0 Å². The van der Waals surface area contributed by atoms with E-state index in [0.29, 0.717) is 11.3 Å². The third-order valence-corrected chi connectivity index (χ3v) is 7.07. The lowest BCUT2D eigenvalue weighted by Gasteiger charge is -2.58. The molecule has 1 aromatic heterocycles. The molecule has 0 radical (unpaired) electrons. The second-order valence-electron chi connectivity index (χ2n) is 8.01. The van der Waals surface area contributed by atoms with Crippen molar-refractivity contribution in [1.29, 1.82) is 0 Å². The number of furan rings is 1. The summed E-state index contributed by atoms with van der Waals surface area (Å²) < 4.78 is 5.23. The van der Waals surface area contributed by atoms with Gasteiger partial charge in [-0.05, 0) is 78.4 Å². The van der Waals surface area contributed by atoms with Gasteiger partial charge >= 0.3 is 0 Å². The molecule has 2 aliphatic rings. The first-order chi connectivity index (χ1) is 10.5. The van der Waals surface area contributed by atoms with Crippen molar-refractivity contribution in [3.05, 3.63) is 35.8 Å². The molecule has 1 N–H and O–H groups in total. The van der Waals surface area contributed by atoms with Gasteiger partial charge in [0.1, 0.15) is 0 Å². The molecule has 0 bridgehead atoms. The van der Waals surface area contributed by atoms with E-state index in [1.807, 2.05) is 6.26 Å². The molecule has 1 saturated carbocycles. The average Bonchev–Trinajstić information content (AvgIpc) is 3.03. The van der Waals surface area contributed by atoms with Gasteiger partial charge in [0.25, 0.3) is 0 Å². The highest BCUT2D eigenvalue weighted by Gasteiger charge is 2.53. The van der Waals surface area contributed by atoms with E-state index >= 15 is 0 Å². The van der Waals surface area contributed by atoms with Crippen LogP contribution in [0.15, 0.2) is 34.7 Å². The second kappa shape index (κ2) is 5.88. The Hall–Kier alpha value is -1.02. The van der Waals surface area contributed by atoms with Gasteiger partial charge in [0.15, 0.2) is 0 Å². The van der Waals surface area contributed by atoms with Gasteiger partial charge in [0.2, 0.25) is 0 Å². The molecular formula is C20H30O2. The highest BCUT2D eigenvalue weighted by atomic mass is 16.3. The minimum absolute atomic E-state index is 0.199. The van der Waals surface area contributed by atoms with Crippen LogP contribution in [-0.2, 0) is 6.42 Å². The van der Waals surface area contributed by atoms with Crippen LogP contribution in [0, 0.1) is 22.7 Å². The van der Waals surface area contributed by atoms with Crippen LogP contribution in [0.3, 0.4) is 0 Å². The molecule has 4 atom stereocenters. The predicted octanol–water partition coefficient (Wildman–Crippen LogP) is 4.98. The Kier molecular flexibility index (Phi) is 4.24. The van der Waals surface area contributed by atoms with Crippen LogP contribution >= 0.6 is 0 Å². The normalized spacial score (nSPS) is 38.5. The SMILES string of the molecule is C[C@@H]1CC[C@@]2(C)C(CO)=CCC[C@@H]2[C@@]1(C)CCc1ccoc1. The average molecular weight is 302 g/mol. The van der Waals surface area contributed by atoms with E-state index in [1.165, 1.54) is 36.8 Å². The maximum Gasteiger partial charge on any atom is 0.0934 e. The molecule has 2 nitrogen and oxygen atoms in total. The standard InChI is InChI=1S/C20H30O2/c1-15-7-10-20(3)17(13-21)5-4-6-18(20)19(15,2)11-8-16-9-12-22-14-16/h5,9,12,14-15,18,21H,4,6-8,10-11,13H2,1-3H3/t15-,18-,19+,20+/m1/s1. The predicted molar refractivity (Wildman–Crippen MR) is 89.5 cm³/mol. The summed E-state index contributed by atoms with van der Waals surface area (Å²) in [6.07, 6.45) is 13.2. The Balaban J connectivity index is 1.86. The lowest BCUT2D eigenvalue weighted by molar-refractivity contribution is -0.0507. The molecule has 2 aliphatic carbocycles. The molecule has 0 aliphatic heterocycles. The van der Waals surface area contributed by atoms with Gasteiger partial charge < -0.3 is 9.52 Å². The maximum absolute atomic E-state index is 9.83. The van der Waals surface area contributed by atoms with Crippen LogP contribution in [0.1, 0.15) is 58.4 Å². The van der Waals surface area contributed by atoms with Crippen LogP contribution in [0.2, 0.25) is 0 Å². The topological polar surface area (TPSA) is 33.4 Å². The summed E-state index contributed by atoms with van der Waals surface area (Å²) in [7, 11) is 0. The summed E-state index contributed by atoms with van der Waals surface area (Å²) in [6.45, 7) is 7.58. The Bertz CT molecular complexity index is 530. The molecule has 0 unspecified atom stereocenters. The van der Waals surface area contributed by atoms with Crippen molar-refractivity contribution in [2.45, 2.75) is 59.3 Å². The first kappa shape index (κ1) is 15.9. The van der Waals surface area contributed by atoms with E-state index in [4.69, 9.17) is 4.42 Å². The largest absolute Gasteiger partial charge is 0.472 e. The molecule has 0 saturated heterocycles. The molecular weight excluding hydrogens is 272 g/mol. The Morgan fingerprint density at radius 1 is 1.32 bits per heavy atom. The fourth-order valence-corrected chi connectivity index (χ4v) is 5.30. The zero-order valence-electron chi connectivity index (χ0n) is 14.3. The number of rotatable bonds is 4. The zero-order chi connectivity index (χ0) is 15.8. The van der Waals surface area contributed by atoms with Crippen molar-refractivity contribution in [3.8, 4) is 0 Å². The highest BCUT2D eigenvalue weighted by Crippen LogP contribution is 2.61. The fourth-order valence-electron chi connectivity index (χ4n) is 5.30. The van der Waals surface area contributed by atoms with Crippen LogP contribution < -0.4 is 0 Å². The Morgan fingerprint density at radius 2 is 2.14 bits per heavy atom. The van der Waals surface area contributed by atoms with Gasteiger partial charge in [-0.15, -0.1) is 0 Å². The quantitative estimate of drug-likeness (QED) is 0.795. The summed E-state index contributed by atoms with van der Waals surface area (Å²) >= 11 is 0. The van der Waals surface area contributed by atoms with E-state index in [0.717, 1.165) is 18.8 Å². The first-order valence-electron chi connectivity index (χ1n) is 8.82. The number of aliphatic hydroxyl groups excluding tert-OH is 1. The Labute approximate surface area is 134 Å². The van der Waals surface area contributed by atoms with Gasteiger partial charge in [-0.3, -0.25) is 0 Å². The van der Waals surface area contributed by atoms with E-state index < -0.39 is 0 Å². The monoisotopic (exact) mass is 302 g/mol. The minimum Gasteiger partial charge on any atom is -0.472 e. The van der Waals surface area contributed by atoms with Crippen molar-refractivity contribution in [2.75, 3.05) is 6.61 Å². The maximum atomic E-state index is 9.83. The van der Waals surface area contributed by atoms with E-state index in [9.17, 15) is 5.11 Å². The van der Waals surface area contributed by atoms with Crippen LogP contribution in [0.4, 0.5) is 0 Å². The molecule has 2 heteroatoms. The minimum atomic E-state index is 0.199. The molecule has 1 heterocycles. The third kappa shape index (κ3) is 2.46. The molecule has 0 amide bonds. The Morgan fingerprint density at radius 3 is 2.82 bits per heavy atom. The van der Waals surface area contributed by atoms with Gasteiger partial charge in [-0.1, -0.05) is 26.8 Å². The molecule has 0 aromatic carbocycles. The number of allylic oxidation sites excluding steroid dienone is 1. The number of fused-ring (bicyclic) bond motifs is 1. The van der Waals surface area contributed by atoms with Crippen molar-refractivity contribution >= 4 is 0 Å². The number of aryl methyl sites for hydroxylation is 1. The molecule has 1 fully saturated rings. The lowest BCUT2D eigenvalue weighted by atomic mass is 9.47. The smallest absolute Gasteiger partial charge is 0.0934 e. The van der Waals surface area contributed by atoms with Crippen molar-refractivity contribution in [1.82, 2.24) is 0 Å². The zero-order valence-corrected chi connectivity index (χ0v) is 14.3. The summed E-state index contributed by atoms with van der Waals surface area (Å²) in [4.78, 5) is 0. The number of hydrogen-bond acceptors (Lipinski definition) is 2. The summed E-state index contributed by atoms with van der Waals surface area (Å²) in [5.41, 5.74) is 3.16. The molecule has 22 heavy (non-hydrogen) atoms. The molecule has 0 spiro atoms. The highest BCUT2D eigenvalue weighted by molar-refractivity contribution is 5.23. The second-order valence-corrected chi connectivity index (χ2v) is 8.01. The van der Waals surface area contributed by atoms with Crippen molar-refractivity contribution in [2.24, 2.45) is 22.7 Å². The number of hydrogen-bond donors (Lipinski definition) is 1. The van der Waals surface area contributed by atoms with Gasteiger partial charge in [0.05, 0.1) is 19.1 Å². The van der Waals surface area contributed by atoms with E-state index in [-0.39, 0.29) is 12.0 Å².